The van der Waals surface area contributed by atoms with E-state index in [-0.39, 0.29) is 5.91 Å². The average Bonchev–Trinajstić information content (AvgIpc) is 3.17. The molecule has 0 saturated carbocycles. The van der Waals surface area contributed by atoms with E-state index in [1.54, 1.807) is 53.4 Å². The van der Waals surface area contributed by atoms with Gasteiger partial charge in [0.15, 0.2) is 0 Å². The van der Waals surface area contributed by atoms with Gasteiger partial charge in [-0.3, -0.25) is 9.36 Å². The molecule has 0 aliphatic carbocycles. The fraction of sp³-hybridized carbons (Fsp3) is 0.125. The molecule has 0 spiro atoms. The normalized spacial score (nSPS) is 13.3. The Morgan fingerprint density at radius 2 is 2.13 bits per heavy atom. The number of aromatic nitrogens is 4. The van der Waals surface area contributed by atoms with Gasteiger partial charge in [-0.15, -0.1) is 0 Å². The third-order valence-corrected chi connectivity index (χ3v) is 3.68. The fourth-order valence-electron chi connectivity index (χ4n) is 2.55. The number of carbonyl (C=O) groups excluding carboxylic acids is 1. The topological polar surface area (TPSA) is 73.1 Å². The summed E-state index contributed by atoms with van der Waals surface area (Å²) in [6, 6.07) is 7.16. The van der Waals surface area contributed by atoms with Crippen molar-refractivity contribution < 1.29 is 9.53 Å². The molecule has 3 heterocycles. The third-order valence-electron chi connectivity index (χ3n) is 3.68. The molecule has 0 fully saturated rings. The van der Waals surface area contributed by atoms with Crippen LogP contribution in [-0.4, -0.2) is 37.4 Å². The van der Waals surface area contributed by atoms with Gasteiger partial charge >= 0.3 is 0 Å². The first-order chi connectivity index (χ1) is 11.2. The van der Waals surface area contributed by atoms with Crippen LogP contribution in [0.5, 0.6) is 11.6 Å². The maximum atomic E-state index is 11.9. The molecule has 7 heteroatoms. The van der Waals surface area contributed by atoms with Crippen LogP contribution in [0.1, 0.15) is 15.9 Å². The van der Waals surface area contributed by atoms with Crippen LogP contribution in [0.15, 0.2) is 49.3 Å². The van der Waals surface area contributed by atoms with Gasteiger partial charge in [-0.25, -0.2) is 15.0 Å². The Morgan fingerprint density at radius 3 is 2.96 bits per heavy atom. The summed E-state index contributed by atoms with van der Waals surface area (Å²) in [5.41, 5.74) is 1.68. The number of carbonyl (C=O) groups is 1. The largest absolute Gasteiger partial charge is 0.439 e. The van der Waals surface area contributed by atoms with Crippen molar-refractivity contribution in [2.24, 2.45) is 0 Å². The minimum Gasteiger partial charge on any atom is -0.439 e. The van der Waals surface area contributed by atoms with Crippen LogP contribution in [0.3, 0.4) is 0 Å². The van der Waals surface area contributed by atoms with Crippen LogP contribution in [0, 0.1) is 0 Å². The third kappa shape index (κ3) is 2.42. The number of nitrogens with zero attached hydrogens (tertiary/aromatic N) is 5. The monoisotopic (exact) mass is 307 g/mol. The van der Waals surface area contributed by atoms with Gasteiger partial charge < -0.3 is 9.64 Å². The predicted octanol–water partition coefficient (Wildman–Crippen LogP) is 2.04. The van der Waals surface area contributed by atoms with Gasteiger partial charge in [0, 0.05) is 37.6 Å². The fourth-order valence-corrected chi connectivity index (χ4v) is 2.55. The molecule has 2 aromatic heterocycles. The maximum absolute atomic E-state index is 11.9. The van der Waals surface area contributed by atoms with Gasteiger partial charge in [0.05, 0.1) is 0 Å². The minimum atomic E-state index is 0.0379. The van der Waals surface area contributed by atoms with Crippen molar-refractivity contribution in [3.05, 3.63) is 60.4 Å². The van der Waals surface area contributed by atoms with Crippen molar-refractivity contribution in [2.45, 2.75) is 6.54 Å². The van der Waals surface area contributed by atoms with E-state index in [1.165, 1.54) is 6.33 Å². The lowest BCUT2D eigenvalue weighted by Crippen LogP contribution is -2.17. The number of hydrogen-bond donors (Lipinski definition) is 0. The molecule has 1 amide bonds. The van der Waals surface area contributed by atoms with Crippen LogP contribution in [0.2, 0.25) is 0 Å². The Labute approximate surface area is 132 Å². The highest BCUT2D eigenvalue weighted by molar-refractivity contribution is 5.98. The molecule has 0 saturated heterocycles. The summed E-state index contributed by atoms with van der Waals surface area (Å²) < 4.78 is 7.57. The molecular weight excluding hydrogens is 294 g/mol. The number of amides is 1. The van der Waals surface area contributed by atoms with Crippen molar-refractivity contribution in [2.75, 3.05) is 7.05 Å². The Morgan fingerprint density at radius 1 is 1.22 bits per heavy atom. The SMILES string of the molecule is CN1Cc2cc(Oc3cc(-n4ccnc4)ncn3)ccc2C1=O. The van der Waals surface area contributed by atoms with Crippen LogP contribution >= 0.6 is 0 Å². The molecule has 1 aliphatic rings. The second-order valence-electron chi connectivity index (χ2n) is 5.27. The molecule has 0 unspecified atom stereocenters. The zero-order valence-corrected chi connectivity index (χ0v) is 12.4. The molecule has 0 N–H and O–H groups in total. The number of benzene rings is 1. The molecule has 1 aromatic carbocycles. The zero-order valence-electron chi connectivity index (χ0n) is 12.4. The molecule has 3 aromatic rings. The standard InChI is InChI=1S/C16H13N5O2/c1-20-8-11-6-12(2-3-13(11)16(20)22)23-15-7-14(18-9-19-15)21-5-4-17-10-21/h2-7,9-10H,8H2,1H3. The van der Waals surface area contributed by atoms with E-state index in [9.17, 15) is 4.79 Å². The maximum Gasteiger partial charge on any atom is 0.254 e. The van der Waals surface area contributed by atoms with E-state index >= 15 is 0 Å². The molecule has 7 nitrogen and oxygen atoms in total. The number of hydrogen-bond acceptors (Lipinski definition) is 5. The number of rotatable bonds is 3. The van der Waals surface area contributed by atoms with E-state index in [1.807, 2.05) is 6.07 Å². The second kappa shape index (κ2) is 5.20. The highest BCUT2D eigenvalue weighted by Gasteiger charge is 2.24. The van der Waals surface area contributed by atoms with Gasteiger partial charge in [-0.1, -0.05) is 0 Å². The summed E-state index contributed by atoms with van der Waals surface area (Å²) in [4.78, 5) is 25.9. The summed E-state index contributed by atoms with van der Waals surface area (Å²) in [6.45, 7) is 0.593. The van der Waals surface area contributed by atoms with Gasteiger partial charge in [-0.05, 0) is 23.8 Å². The average molecular weight is 307 g/mol. The van der Waals surface area contributed by atoms with Crippen molar-refractivity contribution in [1.82, 2.24) is 24.4 Å². The predicted molar refractivity (Wildman–Crippen MR) is 81.5 cm³/mol. The van der Waals surface area contributed by atoms with Gasteiger partial charge in [0.25, 0.3) is 5.91 Å². The molecular formula is C16H13N5O2. The first-order valence-electron chi connectivity index (χ1n) is 7.07. The molecule has 0 radical (unpaired) electrons. The summed E-state index contributed by atoms with van der Waals surface area (Å²) in [5, 5.41) is 0. The minimum absolute atomic E-state index is 0.0379. The summed E-state index contributed by atoms with van der Waals surface area (Å²) in [7, 11) is 1.78. The van der Waals surface area contributed by atoms with Crippen LogP contribution in [0.25, 0.3) is 5.82 Å². The number of imidazole rings is 1. The van der Waals surface area contributed by atoms with Gasteiger partial charge in [-0.2, -0.15) is 0 Å². The Hall–Kier alpha value is -3.22. The van der Waals surface area contributed by atoms with Crippen molar-refractivity contribution in [3.8, 4) is 17.4 Å². The molecule has 114 valence electrons. The van der Waals surface area contributed by atoms with Crippen molar-refractivity contribution in [1.29, 1.82) is 0 Å². The lowest BCUT2D eigenvalue weighted by atomic mass is 10.1. The van der Waals surface area contributed by atoms with Gasteiger partial charge in [0.1, 0.15) is 24.2 Å². The van der Waals surface area contributed by atoms with Crippen LogP contribution in [0.4, 0.5) is 0 Å². The second-order valence-corrected chi connectivity index (χ2v) is 5.27. The smallest absolute Gasteiger partial charge is 0.254 e. The van der Waals surface area contributed by atoms with E-state index in [4.69, 9.17) is 4.74 Å². The van der Waals surface area contributed by atoms with Crippen molar-refractivity contribution in [3.63, 3.8) is 0 Å². The zero-order chi connectivity index (χ0) is 15.8. The summed E-state index contributed by atoms with van der Waals surface area (Å²) in [5.74, 6) is 1.78. The van der Waals surface area contributed by atoms with E-state index < -0.39 is 0 Å². The van der Waals surface area contributed by atoms with Gasteiger partial charge in [0.2, 0.25) is 5.88 Å². The summed E-state index contributed by atoms with van der Waals surface area (Å²) >= 11 is 0. The highest BCUT2D eigenvalue weighted by Crippen LogP contribution is 2.28. The first-order valence-corrected chi connectivity index (χ1v) is 7.07. The summed E-state index contributed by atoms with van der Waals surface area (Å²) in [6.07, 6.45) is 6.57. The Bertz CT molecular complexity index is 876. The number of ether oxygens (including phenoxy) is 1. The molecule has 0 bridgehead atoms. The lowest BCUT2D eigenvalue weighted by Gasteiger charge is -2.07. The van der Waals surface area contributed by atoms with Crippen LogP contribution in [-0.2, 0) is 6.54 Å². The Balaban J connectivity index is 1.61. The molecule has 4 rings (SSSR count). The first kappa shape index (κ1) is 13.4. The quantitative estimate of drug-likeness (QED) is 0.740. The molecule has 0 atom stereocenters. The highest BCUT2D eigenvalue weighted by atomic mass is 16.5. The van der Waals surface area contributed by atoms with Crippen LogP contribution < -0.4 is 4.74 Å². The van der Waals surface area contributed by atoms with Crippen molar-refractivity contribution >= 4 is 5.91 Å². The lowest BCUT2D eigenvalue weighted by molar-refractivity contribution is 0.0816. The molecule has 1 aliphatic heterocycles. The van der Waals surface area contributed by atoms with E-state index in [0.717, 1.165) is 11.1 Å². The Kier molecular flexibility index (Phi) is 3.04. The van der Waals surface area contributed by atoms with E-state index in [2.05, 4.69) is 15.0 Å². The number of fused-ring (bicyclic) bond motifs is 1. The van der Waals surface area contributed by atoms with E-state index in [0.29, 0.717) is 24.0 Å². The molecule has 23 heavy (non-hydrogen) atoms.